The minimum atomic E-state index is -0.501. The predicted molar refractivity (Wildman–Crippen MR) is 108 cm³/mol. The van der Waals surface area contributed by atoms with Gasteiger partial charge in [-0.1, -0.05) is 11.2 Å². The van der Waals surface area contributed by atoms with E-state index in [9.17, 15) is 14.4 Å². The zero-order valence-electron chi connectivity index (χ0n) is 16.2. The summed E-state index contributed by atoms with van der Waals surface area (Å²) in [5.41, 5.74) is 1.49. The number of carbonyl (C=O) groups excluding carboxylic acids is 2. The quantitative estimate of drug-likeness (QED) is 0.582. The number of ether oxygens (including phenoxy) is 1. The Hall–Kier alpha value is -3.14. The van der Waals surface area contributed by atoms with Crippen molar-refractivity contribution >= 4 is 35.1 Å². The highest BCUT2D eigenvalue weighted by atomic mass is 32.2. The topological polar surface area (TPSA) is 116 Å². The molecule has 0 spiro atoms. The Balaban J connectivity index is 1.51. The van der Waals surface area contributed by atoms with Crippen molar-refractivity contribution < 1.29 is 18.8 Å². The van der Waals surface area contributed by atoms with Gasteiger partial charge in [-0.2, -0.15) is 0 Å². The van der Waals surface area contributed by atoms with Crippen molar-refractivity contribution in [3.8, 4) is 0 Å². The molecule has 9 nitrogen and oxygen atoms in total. The van der Waals surface area contributed by atoms with Crippen molar-refractivity contribution in [3.63, 3.8) is 0 Å². The lowest BCUT2D eigenvalue weighted by molar-refractivity contribution is -0.141. The monoisotopic (exact) mass is 416 g/mol. The van der Waals surface area contributed by atoms with Crippen LogP contribution >= 0.6 is 11.8 Å². The van der Waals surface area contributed by atoms with E-state index in [0.29, 0.717) is 22.9 Å². The number of rotatable bonds is 7. The number of anilines is 1. The molecular formula is C19H20N4O5S. The smallest absolute Gasteiger partial charge is 0.316 e. The zero-order chi connectivity index (χ0) is 21.0. The normalized spacial score (nSPS) is 12.0. The fourth-order valence-corrected chi connectivity index (χ4v) is 3.18. The molecule has 0 aliphatic rings. The van der Waals surface area contributed by atoms with Gasteiger partial charge in [0.2, 0.25) is 5.91 Å². The number of aryl methyl sites for hydroxylation is 2. The Morgan fingerprint density at radius 1 is 1.34 bits per heavy atom. The van der Waals surface area contributed by atoms with Crippen LogP contribution in [0.3, 0.4) is 0 Å². The average molecular weight is 416 g/mol. The number of nitrogens with one attached hydrogen (secondary N) is 1. The average Bonchev–Trinajstić information content (AvgIpc) is 3.09. The summed E-state index contributed by atoms with van der Waals surface area (Å²) in [6.07, 6.45) is 1.64. The van der Waals surface area contributed by atoms with Crippen LogP contribution in [0.5, 0.6) is 0 Å². The lowest BCUT2D eigenvalue weighted by atomic mass is 10.3. The summed E-state index contributed by atoms with van der Waals surface area (Å²) in [4.78, 5) is 40.6. The van der Waals surface area contributed by atoms with E-state index < -0.39 is 11.2 Å². The maximum atomic E-state index is 12.2. The number of hydrogen-bond donors (Lipinski definition) is 1. The van der Waals surface area contributed by atoms with Crippen molar-refractivity contribution in [2.75, 3.05) is 11.1 Å². The number of fused-ring (bicyclic) bond motifs is 1. The maximum absolute atomic E-state index is 12.2. The summed E-state index contributed by atoms with van der Waals surface area (Å²) >= 11 is 1.13. The first-order valence-corrected chi connectivity index (χ1v) is 9.87. The molecule has 3 rings (SSSR count). The van der Waals surface area contributed by atoms with Crippen molar-refractivity contribution in [1.29, 1.82) is 0 Å². The standard InChI is InChI=1S/C19H20N4O5S/c1-11-5-4-6-23-16(24)8-14(20-18(11)23)9-27-17(25)10-29-13(3)19(26)21-15-7-12(2)28-22-15/h4-8,13H,9-10H2,1-3H3,(H,21,22,26)/t13-/m1/s1. The summed E-state index contributed by atoms with van der Waals surface area (Å²) in [6, 6.07) is 6.55. The fraction of sp³-hybridized carbons (Fsp3) is 0.316. The molecule has 0 radical (unpaired) electrons. The third-order valence-corrected chi connectivity index (χ3v) is 5.14. The highest BCUT2D eigenvalue weighted by molar-refractivity contribution is 8.01. The molecule has 0 aromatic carbocycles. The lowest BCUT2D eigenvalue weighted by Gasteiger charge is -2.10. The van der Waals surface area contributed by atoms with Crippen molar-refractivity contribution in [3.05, 3.63) is 57.8 Å². The van der Waals surface area contributed by atoms with Crippen LogP contribution in [0.4, 0.5) is 5.82 Å². The molecule has 3 aromatic rings. The SMILES string of the molecule is Cc1cc(NC(=O)[C@@H](C)SCC(=O)OCc2cc(=O)n3cccc(C)c3n2)no1. The first kappa shape index (κ1) is 20.6. The summed E-state index contributed by atoms with van der Waals surface area (Å²) < 4.78 is 11.5. The van der Waals surface area contributed by atoms with Gasteiger partial charge in [0.05, 0.1) is 16.7 Å². The Kier molecular flexibility index (Phi) is 6.32. The van der Waals surface area contributed by atoms with E-state index in [0.717, 1.165) is 17.3 Å². The number of nitrogens with zero attached hydrogens (tertiary/aromatic N) is 3. The molecule has 1 atom stereocenters. The number of thioether (sulfide) groups is 1. The molecule has 0 bridgehead atoms. The van der Waals surface area contributed by atoms with E-state index in [1.54, 1.807) is 32.2 Å². The first-order chi connectivity index (χ1) is 13.8. The van der Waals surface area contributed by atoms with Crippen LogP contribution in [-0.4, -0.2) is 37.4 Å². The predicted octanol–water partition coefficient (Wildman–Crippen LogP) is 2.10. The van der Waals surface area contributed by atoms with E-state index in [2.05, 4.69) is 15.5 Å². The molecule has 10 heteroatoms. The van der Waals surface area contributed by atoms with E-state index in [4.69, 9.17) is 9.26 Å². The minimum Gasteiger partial charge on any atom is -0.459 e. The number of carbonyl (C=O) groups is 2. The third kappa shape index (κ3) is 5.23. The highest BCUT2D eigenvalue weighted by Crippen LogP contribution is 2.15. The van der Waals surface area contributed by atoms with Gasteiger partial charge in [0.1, 0.15) is 18.0 Å². The van der Waals surface area contributed by atoms with E-state index >= 15 is 0 Å². The summed E-state index contributed by atoms with van der Waals surface area (Å²) in [5, 5.41) is 5.80. The van der Waals surface area contributed by atoms with Crippen molar-refractivity contribution in [2.24, 2.45) is 0 Å². The minimum absolute atomic E-state index is 0.0159. The van der Waals surface area contributed by atoms with Gasteiger partial charge in [0.25, 0.3) is 5.56 Å². The van der Waals surface area contributed by atoms with Crippen LogP contribution in [0.2, 0.25) is 0 Å². The van der Waals surface area contributed by atoms with Gasteiger partial charge < -0.3 is 14.6 Å². The zero-order valence-corrected chi connectivity index (χ0v) is 17.0. The molecule has 1 amide bonds. The summed E-state index contributed by atoms with van der Waals surface area (Å²) in [5.74, 6) is 0.0974. The number of esters is 1. The second-order valence-corrected chi connectivity index (χ2v) is 7.73. The molecule has 29 heavy (non-hydrogen) atoms. The number of hydrogen-bond acceptors (Lipinski definition) is 8. The molecule has 0 fully saturated rings. The Morgan fingerprint density at radius 2 is 2.14 bits per heavy atom. The fourth-order valence-electron chi connectivity index (χ4n) is 2.50. The molecule has 1 N–H and O–H groups in total. The number of aromatic nitrogens is 3. The molecule has 3 aromatic heterocycles. The van der Waals surface area contributed by atoms with E-state index in [-0.39, 0.29) is 23.8 Å². The van der Waals surface area contributed by atoms with Crippen LogP contribution in [0.1, 0.15) is 23.9 Å². The Bertz CT molecular complexity index is 1110. The second kappa shape index (κ2) is 8.91. The molecule has 0 saturated carbocycles. The summed E-state index contributed by atoms with van der Waals surface area (Å²) in [7, 11) is 0. The number of pyridine rings is 1. The van der Waals surface area contributed by atoms with Crippen molar-refractivity contribution in [1.82, 2.24) is 14.5 Å². The van der Waals surface area contributed by atoms with Gasteiger partial charge in [0, 0.05) is 18.3 Å². The van der Waals surface area contributed by atoms with E-state index in [1.165, 1.54) is 10.5 Å². The second-order valence-electron chi connectivity index (χ2n) is 6.40. The van der Waals surface area contributed by atoms with Crippen LogP contribution in [0, 0.1) is 13.8 Å². The maximum Gasteiger partial charge on any atom is 0.316 e. The molecule has 152 valence electrons. The van der Waals surface area contributed by atoms with Gasteiger partial charge in [-0.05, 0) is 32.4 Å². The molecular weight excluding hydrogens is 396 g/mol. The van der Waals surface area contributed by atoms with E-state index in [1.807, 2.05) is 13.0 Å². The van der Waals surface area contributed by atoms with Gasteiger partial charge in [-0.3, -0.25) is 18.8 Å². The number of amides is 1. The van der Waals surface area contributed by atoms with Crippen LogP contribution in [0.25, 0.3) is 5.65 Å². The summed E-state index contributed by atoms with van der Waals surface area (Å²) in [6.45, 7) is 5.13. The molecule has 0 aliphatic heterocycles. The highest BCUT2D eigenvalue weighted by Gasteiger charge is 2.17. The van der Waals surface area contributed by atoms with Crippen LogP contribution < -0.4 is 10.9 Å². The molecule has 0 saturated heterocycles. The van der Waals surface area contributed by atoms with Crippen LogP contribution in [0.15, 0.2) is 39.8 Å². The van der Waals surface area contributed by atoms with Gasteiger partial charge in [-0.15, -0.1) is 11.8 Å². The Labute approximate surface area is 170 Å². The van der Waals surface area contributed by atoms with Gasteiger partial charge >= 0.3 is 5.97 Å². The Morgan fingerprint density at radius 3 is 2.86 bits per heavy atom. The molecule has 0 aliphatic carbocycles. The third-order valence-electron chi connectivity index (χ3n) is 4.02. The van der Waals surface area contributed by atoms with Gasteiger partial charge in [-0.25, -0.2) is 4.98 Å². The molecule has 0 unspecified atom stereocenters. The lowest BCUT2D eigenvalue weighted by Crippen LogP contribution is -2.24. The molecule has 3 heterocycles. The van der Waals surface area contributed by atoms with Crippen molar-refractivity contribution in [2.45, 2.75) is 32.6 Å². The van der Waals surface area contributed by atoms with Gasteiger partial charge in [0.15, 0.2) is 5.82 Å². The first-order valence-electron chi connectivity index (χ1n) is 8.83. The van der Waals surface area contributed by atoms with Crippen LogP contribution in [-0.2, 0) is 20.9 Å². The largest absolute Gasteiger partial charge is 0.459 e.